The number of anilines is 1. The lowest BCUT2D eigenvalue weighted by molar-refractivity contribution is 0.184. The molecular formula is C25H26N6O3. The third kappa shape index (κ3) is 4.00. The van der Waals surface area contributed by atoms with E-state index >= 15 is 0 Å². The van der Waals surface area contributed by atoms with Crippen molar-refractivity contribution < 1.29 is 4.79 Å². The minimum atomic E-state index is -0.331. The van der Waals surface area contributed by atoms with Gasteiger partial charge in [-0.1, -0.05) is 30.4 Å². The Morgan fingerprint density at radius 2 is 2.00 bits per heavy atom. The van der Waals surface area contributed by atoms with Crippen LogP contribution in [-0.2, 0) is 0 Å². The first-order valence-corrected chi connectivity index (χ1v) is 11.4. The Morgan fingerprint density at radius 3 is 2.82 bits per heavy atom. The second kappa shape index (κ2) is 9.01. The van der Waals surface area contributed by atoms with Gasteiger partial charge in [0.1, 0.15) is 5.69 Å². The number of likely N-dealkylation sites (tertiary alicyclic amines) is 1. The maximum absolute atomic E-state index is 13.0. The molecule has 0 spiro atoms. The van der Waals surface area contributed by atoms with Gasteiger partial charge in [0.15, 0.2) is 5.65 Å². The minimum Gasteiger partial charge on any atom is -0.327 e. The van der Waals surface area contributed by atoms with Crippen molar-refractivity contribution in [1.29, 1.82) is 0 Å². The number of nitrogens with zero attached hydrogens (tertiary/aromatic N) is 3. The zero-order chi connectivity index (χ0) is 23.7. The summed E-state index contributed by atoms with van der Waals surface area (Å²) in [6, 6.07) is 3.34. The molecule has 1 aliphatic carbocycles. The quantitative estimate of drug-likeness (QED) is 0.557. The van der Waals surface area contributed by atoms with E-state index in [-0.39, 0.29) is 29.0 Å². The van der Waals surface area contributed by atoms with Gasteiger partial charge in [-0.25, -0.2) is 14.6 Å². The minimum absolute atomic E-state index is 0.0220. The van der Waals surface area contributed by atoms with Gasteiger partial charge in [0, 0.05) is 31.5 Å². The van der Waals surface area contributed by atoms with Crippen LogP contribution in [-0.4, -0.2) is 43.5 Å². The molecule has 1 aliphatic heterocycles. The summed E-state index contributed by atoms with van der Waals surface area (Å²) in [6.07, 6.45) is 15.3. The summed E-state index contributed by atoms with van der Waals surface area (Å²) in [7, 11) is 0. The van der Waals surface area contributed by atoms with E-state index in [2.05, 4.69) is 26.3 Å². The summed E-state index contributed by atoms with van der Waals surface area (Å²) < 4.78 is 1.74. The van der Waals surface area contributed by atoms with Crippen molar-refractivity contribution in [2.45, 2.75) is 32.2 Å². The lowest BCUT2D eigenvalue weighted by Crippen LogP contribution is -2.43. The molecule has 9 nitrogen and oxygen atoms in total. The smallest absolute Gasteiger partial charge is 0.327 e. The van der Waals surface area contributed by atoms with Gasteiger partial charge in [-0.2, -0.15) is 0 Å². The third-order valence-electron chi connectivity index (χ3n) is 6.53. The van der Waals surface area contributed by atoms with Crippen LogP contribution < -0.4 is 16.6 Å². The summed E-state index contributed by atoms with van der Waals surface area (Å²) >= 11 is 0. The van der Waals surface area contributed by atoms with Crippen LogP contribution in [0, 0.1) is 6.92 Å². The maximum Gasteiger partial charge on any atom is 0.327 e. The van der Waals surface area contributed by atoms with E-state index in [9.17, 15) is 14.4 Å². The number of piperidine rings is 1. The molecule has 3 aromatic rings. The van der Waals surface area contributed by atoms with E-state index < -0.39 is 0 Å². The van der Waals surface area contributed by atoms with Crippen LogP contribution in [0.3, 0.4) is 0 Å². The summed E-state index contributed by atoms with van der Waals surface area (Å²) in [6.45, 7) is 2.81. The molecule has 4 heterocycles. The van der Waals surface area contributed by atoms with Gasteiger partial charge in [0.25, 0.3) is 5.56 Å². The van der Waals surface area contributed by atoms with E-state index in [0.29, 0.717) is 31.6 Å². The molecule has 3 aromatic heterocycles. The number of carbonyl (C=O) groups excluding carboxylic acids is 1. The molecule has 34 heavy (non-hydrogen) atoms. The van der Waals surface area contributed by atoms with Crippen molar-refractivity contribution in [3.8, 4) is 0 Å². The molecule has 0 aromatic carbocycles. The Labute approximate surface area is 195 Å². The Balaban J connectivity index is 1.31. The van der Waals surface area contributed by atoms with Gasteiger partial charge in [-0.15, -0.1) is 0 Å². The second-order valence-electron chi connectivity index (χ2n) is 8.56. The third-order valence-corrected chi connectivity index (χ3v) is 6.53. The fourth-order valence-corrected chi connectivity index (χ4v) is 4.72. The van der Waals surface area contributed by atoms with Gasteiger partial charge >= 0.3 is 11.7 Å². The number of fused-ring (bicyclic) bond motifs is 1. The zero-order valence-electron chi connectivity index (χ0n) is 18.9. The van der Waals surface area contributed by atoms with Crippen LogP contribution in [0.4, 0.5) is 10.5 Å². The Kier molecular flexibility index (Phi) is 5.75. The highest BCUT2D eigenvalue weighted by Crippen LogP contribution is 2.27. The number of imidazole rings is 1. The molecule has 0 atom stereocenters. The number of pyridine rings is 2. The van der Waals surface area contributed by atoms with Gasteiger partial charge < -0.3 is 15.2 Å². The highest BCUT2D eigenvalue weighted by molar-refractivity contribution is 5.91. The van der Waals surface area contributed by atoms with Crippen molar-refractivity contribution >= 4 is 28.5 Å². The fourth-order valence-electron chi connectivity index (χ4n) is 4.72. The second-order valence-corrected chi connectivity index (χ2v) is 8.56. The van der Waals surface area contributed by atoms with E-state index in [1.54, 1.807) is 27.9 Å². The molecule has 5 rings (SSSR count). The Bertz CT molecular complexity index is 1450. The predicted octanol–water partition coefficient (Wildman–Crippen LogP) is 3.49. The molecule has 2 amide bonds. The zero-order valence-corrected chi connectivity index (χ0v) is 18.9. The summed E-state index contributed by atoms with van der Waals surface area (Å²) in [5, 5.41) is 2.83. The molecule has 0 saturated carbocycles. The number of aromatic nitrogens is 4. The van der Waals surface area contributed by atoms with Crippen LogP contribution in [0.15, 0.2) is 64.5 Å². The lowest BCUT2D eigenvalue weighted by Gasteiger charge is -2.32. The van der Waals surface area contributed by atoms with Crippen molar-refractivity contribution in [3.63, 3.8) is 0 Å². The van der Waals surface area contributed by atoms with Crippen molar-refractivity contribution in [1.82, 2.24) is 24.4 Å². The highest BCUT2D eigenvalue weighted by Gasteiger charge is 2.27. The number of hydrogen-bond donors (Lipinski definition) is 3. The number of amides is 2. The topological polar surface area (TPSA) is 116 Å². The normalized spacial score (nSPS) is 16.5. The molecule has 174 valence electrons. The largest absolute Gasteiger partial charge is 0.327 e. The van der Waals surface area contributed by atoms with E-state index in [0.717, 1.165) is 28.6 Å². The molecule has 1 fully saturated rings. The summed E-state index contributed by atoms with van der Waals surface area (Å²) in [4.78, 5) is 49.5. The van der Waals surface area contributed by atoms with Crippen molar-refractivity contribution in [2.75, 3.05) is 18.4 Å². The summed E-state index contributed by atoms with van der Waals surface area (Å²) in [5.74, 6) is 0. The average molecular weight is 459 g/mol. The molecule has 3 N–H and O–H groups in total. The first-order chi connectivity index (χ1) is 16.5. The van der Waals surface area contributed by atoms with Gasteiger partial charge in [-0.3, -0.25) is 14.3 Å². The number of nitrogens with one attached hydrogen (secondary N) is 3. The van der Waals surface area contributed by atoms with Crippen molar-refractivity contribution in [2.24, 2.45) is 0 Å². The molecule has 0 unspecified atom stereocenters. The van der Waals surface area contributed by atoms with Gasteiger partial charge in [-0.05, 0) is 55.0 Å². The van der Waals surface area contributed by atoms with Gasteiger partial charge in [0.2, 0.25) is 0 Å². The number of H-pyrrole nitrogens is 2. The standard InChI is InChI=1S/C25H26N6O3/c1-16-19(17-7-4-2-3-5-8-17)15-27-23(32)21(16)28-24(33)30-13-10-18(11-14-30)31-20-9-6-12-26-22(20)29-25(31)34/h2-7,9,12,15,18H,8,10-11,13-14H2,1H3,(H,27,32)(H,28,33)(H,26,29,34). The number of hydrogen-bond acceptors (Lipinski definition) is 4. The molecule has 0 radical (unpaired) electrons. The number of rotatable bonds is 3. The Hall–Kier alpha value is -4.14. The SMILES string of the molecule is Cc1c(C2=CC=CC=CC2)c[nH]c(=O)c1NC(=O)N1CCC(n2c(=O)[nH]c3ncccc32)CC1. The predicted molar refractivity (Wildman–Crippen MR) is 132 cm³/mol. The van der Waals surface area contributed by atoms with Crippen LogP contribution in [0.5, 0.6) is 0 Å². The number of allylic oxidation sites excluding steroid dienone is 6. The number of carbonyl (C=O) groups is 1. The summed E-state index contributed by atoms with van der Waals surface area (Å²) in [5.41, 5.74) is 3.78. The maximum atomic E-state index is 13.0. The van der Waals surface area contributed by atoms with Gasteiger partial charge in [0.05, 0.1) is 5.52 Å². The number of aromatic amines is 2. The highest BCUT2D eigenvalue weighted by atomic mass is 16.2. The molecule has 1 saturated heterocycles. The van der Waals surface area contributed by atoms with Crippen LogP contribution in [0.2, 0.25) is 0 Å². The molecule has 2 aliphatic rings. The van der Waals surface area contributed by atoms with Crippen LogP contribution >= 0.6 is 0 Å². The first kappa shape index (κ1) is 21.7. The lowest BCUT2D eigenvalue weighted by atomic mass is 9.99. The molecular weight excluding hydrogens is 432 g/mol. The Morgan fingerprint density at radius 1 is 1.18 bits per heavy atom. The van der Waals surface area contributed by atoms with Crippen LogP contribution in [0.25, 0.3) is 16.7 Å². The van der Waals surface area contributed by atoms with E-state index in [1.807, 2.05) is 37.3 Å². The van der Waals surface area contributed by atoms with E-state index in [1.165, 1.54) is 0 Å². The fraction of sp³-hybridized carbons (Fsp3) is 0.280. The average Bonchev–Trinajstić information content (AvgIpc) is 2.99. The monoisotopic (exact) mass is 458 g/mol. The van der Waals surface area contributed by atoms with Crippen LogP contribution in [0.1, 0.15) is 36.4 Å². The van der Waals surface area contributed by atoms with E-state index in [4.69, 9.17) is 0 Å². The first-order valence-electron chi connectivity index (χ1n) is 11.4. The molecule has 9 heteroatoms. The molecule has 0 bridgehead atoms. The number of urea groups is 1. The van der Waals surface area contributed by atoms with Crippen molar-refractivity contribution in [3.05, 3.63) is 86.9 Å².